The molecule has 0 amide bonds. The third kappa shape index (κ3) is 4.92. The zero-order chi connectivity index (χ0) is 23.3. The molecule has 0 bridgehead atoms. The van der Waals surface area contributed by atoms with Crippen molar-refractivity contribution in [2.45, 2.75) is 19.1 Å². The summed E-state index contributed by atoms with van der Waals surface area (Å²) >= 11 is 0. The van der Waals surface area contributed by atoms with Crippen molar-refractivity contribution in [1.82, 2.24) is 0 Å². The molecule has 0 aromatic heterocycles. The van der Waals surface area contributed by atoms with Gasteiger partial charge in [0.1, 0.15) is 0 Å². The molecule has 0 radical (unpaired) electrons. The second-order valence-electron chi connectivity index (χ2n) is 7.56. The number of carbonyl (C=O) groups excluding carboxylic acids is 1. The van der Waals surface area contributed by atoms with E-state index in [1.165, 1.54) is 6.92 Å². The van der Waals surface area contributed by atoms with Crippen molar-refractivity contribution in [2.24, 2.45) is 11.8 Å². The lowest BCUT2D eigenvalue weighted by molar-refractivity contribution is -0.143. The number of hydrogen-bond acceptors (Lipinski definition) is 8. The predicted molar refractivity (Wildman–Crippen MR) is 116 cm³/mol. The van der Waals surface area contributed by atoms with Crippen LogP contribution in [0.15, 0.2) is 36.4 Å². The summed E-state index contributed by atoms with van der Waals surface area (Å²) in [5.41, 5.74) is 1.51. The number of rotatable bonds is 9. The Morgan fingerprint density at radius 1 is 0.969 bits per heavy atom. The Morgan fingerprint density at radius 2 is 1.56 bits per heavy atom. The highest BCUT2D eigenvalue weighted by atomic mass is 16.5. The highest BCUT2D eigenvalue weighted by Gasteiger charge is 2.43. The van der Waals surface area contributed by atoms with E-state index in [0.29, 0.717) is 35.2 Å². The summed E-state index contributed by atoms with van der Waals surface area (Å²) in [6.45, 7) is 1.77. The molecule has 1 aliphatic rings. The van der Waals surface area contributed by atoms with Gasteiger partial charge in [0.05, 0.1) is 53.9 Å². The number of ether oxygens (including phenoxy) is 6. The second-order valence-corrected chi connectivity index (χ2v) is 7.56. The quantitative estimate of drug-likeness (QED) is 0.587. The molecule has 0 spiro atoms. The summed E-state index contributed by atoms with van der Waals surface area (Å²) in [7, 11) is 6.24. The zero-order valence-corrected chi connectivity index (χ0v) is 19.0. The Labute approximate surface area is 187 Å². The van der Waals surface area contributed by atoms with Crippen molar-refractivity contribution < 1.29 is 38.3 Å². The summed E-state index contributed by atoms with van der Waals surface area (Å²) in [6.07, 6.45) is -1.26. The first-order chi connectivity index (χ1) is 15.4. The number of aliphatic hydroxyl groups excluding tert-OH is 1. The third-order valence-electron chi connectivity index (χ3n) is 5.78. The van der Waals surface area contributed by atoms with E-state index in [1.807, 2.05) is 12.1 Å². The number of esters is 1. The molecule has 0 saturated carbocycles. The average molecular weight is 446 g/mol. The molecule has 1 fully saturated rings. The molecule has 32 heavy (non-hydrogen) atoms. The number of benzene rings is 2. The van der Waals surface area contributed by atoms with Crippen LogP contribution in [0.2, 0.25) is 0 Å². The maximum atomic E-state index is 11.5. The molecule has 0 unspecified atom stereocenters. The molecular formula is C24H30O8. The van der Waals surface area contributed by atoms with Crippen LogP contribution in [-0.4, -0.2) is 52.7 Å². The van der Waals surface area contributed by atoms with E-state index in [0.717, 1.165) is 5.56 Å². The Kier molecular flexibility index (Phi) is 7.82. The lowest BCUT2D eigenvalue weighted by Gasteiger charge is -2.27. The molecule has 1 heterocycles. The van der Waals surface area contributed by atoms with E-state index in [9.17, 15) is 9.90 Å². The first-order valence-corrected chi connectivity index (χ1v) is 10.3. The minimum absolute atomic E-state index is 0.114. The lowest BCUT2D eigenvalue weighted by Crippen LogP contribution is -2.27. The Hall–Kier alpha value is -2.97. The van der Waals surface area contributed by atoms with Gasteiger partial charge in [0.2, 0.25) is 0 Å². The van der Waals surface area contributed by atoms with Gasteiger partial charge in [0.25, 0.3) is 0 Å². The fourth-order valence-corrected chi connectivity index (χ4v) is 4.09. The van der Waals surface area contributed by atoms with Crippen LogP contribution in [0.5, 0.6) is 23.0 Å². The Balaban J connectivity index is 1.91. The van der Waals surface area contributed by atoms with Gasteiger partial charge >= 0.3 is 5.97 Å². The fourth-order valence-electron chi connectivity index (χ4n) is 4.09. The molecule has 1 N–H and O–H groups in total. The van der Waals surface area contributed by atoms with Crippen LogP contribution in [0.3, 0.4) is 0 Å². The molecule has 8 heteroatoms. The maximum Gasteiger partial charge on any atom is 0.302 e. The first-order valence-electron chi connectivity index (χ1n) is 10.3. The smallest absolute Gasteiger partial charge is 0.302 e. The zero-order valence-electron chi connectivity index (χ0n) is 19.0. The van der Waals surface area contributed by atoms with Crippen LogP contribution < -0.4 is 18.9 Å². The van der Waals surface area contributed by atoms with Crippen LogP contribution in [-0.2, 0) is 14.3 Å². The van der Waals surface area contributed by atoms with Crippen molar-refractivity contribution in [1.29, 1.82) is 0 Å². The lowest BCUT2D eigenvalue weighted by atomic mass is 9.82. The molecule has 3 rings (SSSR count). The molecule has 8 nitrogen and oxygen atoms in total. The van der Waals surface area contributed by atoms with Crippen LogP contribution in [0, 0.1) is 11.8 Å². The van der Waals surface area contributed by atoms with Crippen LogP contribution >= 0.6 is 0 Å². The SMILES string of the molecule is COc1ccc([C@@H](O)[C@H]2CO[C@@H](c3ccc(OC)c(OC)c3)[C@@H]2COC(C)=O)cc1OC. The van der Waals surface area contributed by atoms with Crippen molar-refractivity contribution in [3.8, 4) is 23.0 Å². The molecular weight excluding hydrogens is 416 g/mol. The largest absolute Gasteiger partial charge is 0.493 e. The summed E-state index contributed by atoms with van der Waals surface area (Å²) in [4.78, 5) is 11.5. The molecule has 4 atom stereocenters. The van der Waals surface area contributed by atoms with Crippen LogP contribution in [0.25, 0.3) is 0 Å². The topological polar surface area (TPSA) is 92.7 Å². The Morgan fingerprint density at radius 3 is 2.16 bits per heavy atom. The van der Waals surface area contributed by atoms with Gasteiger partial charge in [-0.1, -0.05) is 12.1 Å². The van der Waals surface area contributed by atoms with E-state index < -0.39 is 12.2 Å². The van der Waals surface area contributed by atoms with Crippen molar-refractivity contribution in [3.05, 3.63) is 47.5 Å². The summed E-state index contributed by atoms with van der Waals surface area (Å²) < 4.78 is 32.9. The van der Waals surface area contributed by atoms with Crippen LogP contribution in [0.4, 0.5) is 0 Å². The van der Waals surface area contributed by atoms with E-state index >= 15 is 0 Å². The summed E-state index contributed by atoms with van der Waals surface area (Å²) in [5.74, 6) is 1.30. The number of hydrogen-bond donors (Lipinski definition) is 1. The van der Waals surface area contributed by atoms with Gasteiger partial charge in [0, 0.05) is 18.8 Å². The van der Waals surface area contributed by atoms with Crippen molar-refractivity contribution in [2.75, 3.05) is 41.7 Å². The number of aliphatic hydroxyl groups is 1. The first kappa shape index (κ1) is 23.7. The summed E-state index contributed by atoms with van der Waals surface area (Å²) in [6, 6.07) is 10.8. The van der Waals surface area contributed by atoms with Gasteiger partial charge in [-0.15, -0.1) is 0 Å². The normalized spacial score (nSPS) is 21.0. The van der Waals surface area contributed by atoms with E-state index in [2.05, 4.69) is 0 Å². The molecule has 0 aliphatic carbocycles. The van der Waals surface area contributed by atoms with E-state index in [1.54, 1.807) is 52.7 Å². The maximum absolute atomic E-state index is 11.5. The van der Waals surface area contributed by atoms with Gasteiger partial charge in [-0.3, -0.25) is 4.79 Å². The molecule has 2 aromatic carbocycles. The minimum atomic E-state index is -0.861. The number of methoxy groups -OCH3 is 4. The van der Waals surface area contributed by atoms with Gasteiger partial charge in [-0.05, 0) is 35.4 Å². The van der Waals surface area contributed by atoms with Crippen LogP contribution in [0.1, 0.15) is 30.3 Å². The monoisotopic (exact) mass is 446 g/mol. The Bertz CT molecular complexity index is 928. The molecule has 2 aromatic rings. The number of carbonyl (C=O) groups is 1. The van der Waals surface area contributed by atoms with Gasteiger partial charge in [-0.2, -0.15) is 0 Å². The highest BCUT2D eigenvalue weighted by molar-refractivity contribution is 5.65. The van der Waals surface area contributed by atoms with Gasteiger partial charge in [0.15, 0.2) is 23.0 Å². The van der Waals surface area contributed by atoms with Gasteiger partial charge in [-0.25, -0.2) is 0 Å². The third-order valence-corrected chi connectivity index (χ3v) is 5.78. The standard InChI is InChI=1S/C24H30O8/c1-14(25)31-13-18-17(23(26)15-6-8-19(27-2)21(10-15)29-4)12-32-24(18)16-7-9-20(28-3)22(11-16)30-5/h6-11,17-18,23-24,26H,12-13H2,1-5H3/t17-,18+,23+,24-/m0/s1. The fraction of sp³-hybridized carbons (Fsp3) is 0.458. The van der Waals surface area contributed by atoms with E-state index in [-0.39, 0.29) is 24.4 Å². The minimum Gasteiger partial charge on any atom is -0.493 e. The molecule has 1 aliphatic heterocycles. The van der Waals surface area contributed by atoms with E-state index in [4.69, 9.17) is 28.4 Å². The average Bonchev–Trinajstić information content (AvgIpc) is 3.25. The van der Waals surface area contributed by atoms with Crippen molar-refractivity contribution in [3.63, 3.8) is 0 Å². The highest BCUT2D eigenvalue weighted by Crippen LogP contribution is 2.46. The molecule has 174 valence electrons. The second kappa shape index (κ2) is 10.6. The predicted octanol–water partition coefficient (Wildman–Crippen LogP) is 3.32. The van der Waals surface area contributed by atoms with Gasteiger partial charge < -0.3 is 33.5 Å². The molecule has 1 saturated heterocycles. The summed E-state index contributed by atoms with van der Waals surface area (Å²) in [5, 5.41) is 11.2. The van der Waals surface area contributed by atoms with Crippen molar-refractivity contribution >= 4 is 5.97 Å².